The molecule has 0 radical (unpaired) electrons. The average Bonchev–Trinajstić information content (AvgIpc) is 3.12. The van der Waals surface area contributed by atoms with Crippen molar-refractivity contribution in [2.24, 2.45) is 0 Å². The van der Waals surface area contributed by atoms with Crippen LogP contribution in [-0.2, 0) is 11.3 Å². The number of ketones is 1. The van der Waals surface area contributed by atoms with Crippen LogP contribution in [0.5, 0.6) is 0 Å². The third-order valence-electron chi connectivity index (χ3n) is 4.16. The van der Waals surface area contributed by atoms with Crippen molar-refractivity contribution in [3.8, 4) is 0 Å². The van der Waals surface area contributed by atoms with Gasteiger partial charge < -0.3 is 9.67 Å². The number of carbonyl (C=O) groups is 2. The molecule has 0 aliphatic heterocycles. The molecule has 0 saturated carbocycles. The van der Waals surface area contributed by atoms with Gasteiger partial charge in [0.25, 0.3) is 0 Å². The summed E-state index contributed by atoms with van der Waals surface area (Å²) in [6, 6.07) is 14.2. The number of imidazole rings is 1. The lowest BCUT2D eigenvalue weighted by molar-refractivity contribution is -0.131. The summed E-state index contributed by atoms with van der Waals surface area (Å²) in [6.07, 6.45) is 5.66. The maximum Gasteiger partial charge on any atom is 0.328 e. The van der Waals surface area contributed by atoms with Crippen LogP contribution in [0.4, 0.5) is 0 Å². The first-order chi connectivity index (χ1) is 13.4. The zero-order chi connectivity index (χ0) is 20.1. The highest BCUT2D eigenvalue weighted by molar-refractivity contribution is 6.37. The maximum atomic E-state index is 13.3. The van der Waals surface area contributed by atoms with Crippen LogP contribution in [0.3, 0.4) is 0 Å². The minimum Gasteiger partial charge on any atom is -0.478 e. The summed E-state index contributed by atoms with van der Waals surface area (Å²) < 4.78 is 1.75. The van der Waals surface area contributed by atoms with Gasteiger partial charge in [-0.1, -0.05) is 53.5 Å². The topological polar surface area (TPSA) is 72.2 Å². The average molecular weight is 415 g/mol. The normalized spacial score (nSPS) is 12.2. The van der Waals surface area contributed by atoms with Gasteiger partial charge in [0, 0.05) is 29.4 Å². The van der Waals surface area contributed by atoms with E-state index in [1.165, 1.54) is 6.08 Å². The Morgan fingerprint density at radius 2 is 1.89 bits per heavy atom. The van der Waals surface area contributed by atoms with Gasteiger partial charge in [-0.15, -0.1) is 0 Å². The largest absolute Gasteiger partial charge is 0.478 e. The molecule has 0 saturated heterocycles. The Morgan fingerprint density at radius 1 is 1.14 bits per heavy atom. The first-order valence-corrected chi connectivity index (χ1v) is 9.16. The van der Waals surface area contributed by atoms with Gasteiger partial charge in [0.1, 0.15) is 0 Å². The summed E-state index contributed by atoms with van der Waals surface area (Å²) >= 11 is 12.2. The number of halogens is 2. The third kappa shape index (κ3) is 4.88. The third-order valence-corrected chi connectivity index (χ3v) is 4.71. The summed E-state index contributed by atoms with van der Waals surface area (Å²) in [5, 5.41) is 9.49. The van der Waals surface area contributed by atoms with E-state index in [9.17, 15) is 9.59 Å². The van der Waals surface area contributed by atoms with Gasteiger partial charge in [-0.3, -0.25) is 4.79 Å². The van der Waals surface area contributed by atoms with Gasteiger partial charge in [-0.05, 0) is 29.8 Å². The van der Waals surface area contributed by atoms with Crippen molar-refractivity contribution < 1.29 is 14.7 Å². The molecule has 0 amide bonds. The van der Waals surface area contributed by atoms with Crippen LogP contribution >= 0.6 is 23.2 Å². The zero-order valence-corrected chi connectivity index (χ0v) is 16.1. The number of Topliss-reactive ketones (excluding diaryl/α,β-unsaturated/α-hetero) is 1. The van der Waals surface area contributed by atoms with E-state index in [2.05, 4.69) is 4.98 Å². The van der Waals surface area contributed by atoms with Gasteiger partial charge in [0.05, 0.1) is 23.0 Å². The SMILES string of the molecule is O=C(O)C=Cc1cn(CC(C(=O)c2ccc(Cl)cc2Cl)c2ccccc2)cn1. The fraction of sp³-hybridized carbons (Fsp3) is 0.0952. The van der Waals surface area contributed by atoms with E-state index >= 15 is 0 Å². The number of aromatic nitrogens is 2. The summed E-state index contributed by atoms with van der Waals surface area (Å²) in [7, 11) is 0. The number of carbonyl (C=O) groups excluding carboxylic acids is 1. The van der Waals surface area contributed by atoms with Gasteiger partial charge in [-0.2, -0.15) is 0 Å². The van der Waals surface area contributed by atoms with E-state index < -0.39 is 11.9 Å². The summed E-state index contributed by atoms with van der Waals surface area (Å²) in [6.45, 7) is 0.329. The fourth-order valence-electron chi connectivity index (χ4n) is 2.83. The second-order valence-corrected chi connectivity index (χ2v) is 6.96. The van der Waals surface area contributed by atoms with E-state index in [0.717, 1.165) is 11.6 Å². The van der Waals surface area contributed by atoms with Crippen molar-refractivity contribution in [3.63, 3.8) is 0 Å². The molecule has 2 aromatic carbocycles. The van der Waals surface area contributed by atoms with Crippen molar-refractivity contribution in [2.75, 3.05) is 0 Å². The first kappa shape index (κ1) is 19.9. The molecule has 1 heterocycles. The molecule has 142 valence electrons. The predicted molar refractivity (Wildman–Crippen MR) is 109 cm³/mol. The number of nitrogens with zero attached hydrogens (tertiary/aromatic N) is 2. The van der Waals surface area contributed by atoms with Crippen molar-refractivity contribution in [1.29, 1.82) is 0 Å². The number of carboxylic acids is 1. The van der Waals surface area contributed by atoms with E-state index in [0.29, 0.717) is 27.8 Å². The number of hydrogen-bond donors (Lipinski definition) is 1. The quantitative estimate of drug-likeness (QED) is 0.438. The molecule has 3 rings (SSSR count). The Labute approximate surface area is 171 Å². The zero-order valence-electron chi connectivity index (χ0n) is 14.6. The predicted octanol–water partition coefficient (Wildman–Crippen LogP) is 4.95. The molecular formula is C21H16Cl2N2O3. The lowest BCUT2D eigenvalue weighted by Crippen LogP contribution is -2.19. The molecule has 0 aliphatic rings. The van der Waals surface area contributed by atoms with Crippen LogP contribution in [0.1, 0.15) is 27.5 Å². The second-order valence-electron chi connectivity index (χ2n) is 6.12. The molecule has 5 nitrogen and oxygen atoms in total. The highest BCUT2D eigenvalue weighted by atomic mass is 35.5. The number of benzene rings is 2. The summed E-state index contributed by atoms with van der Waals surface area (Å²) in [5.41, 5.74) is 1.73. The molecule has 0 fully saturated rings. The first-order valence-electron chi connectivity index (χ1n) is 8.41. The van der Waals surface area contributed by atoms with E-state index in [1.807, 2.05) is 30.3 Å². The van der Waals surface area contributed by atoms with Crippen molar-refractivity contribution in [3.05, 3.63) is 94.0 Å². The molecule has 1 N–H and O–H groups in total. The molecule has 0 aliphatic carbocycles. The van der Waals surface area contributed by atoms with E-state index in [1.54, 1.807) is 35.3 Å². The summed E-state index contributed by atoms with van der Waals surface area (Å²) in [4.78, 5) is 28.1. The van der Waals surface area contributed by atoms with Crippen LogP contribution in [0.25, 0.3) is 6.08 Å². The number of hydrogen-bond acceptors (Lipinski definition) is 3. The van der Waals surface area contributed by atoms with Crippen LogP contribution in [0.15, 0.2) is 67.1 Å². The highest BCUT2D eigenvalue weighted by Gasteiger charge is 2.24. The molecule has 3 aromatic rings. The minimum absolute atomic E-state index is 0.135. The van der Waals surface area contributed by atoms with Crippen LogP contribution in [-0.4, -0.2) is 26.4 Å². The van der Waals surface area contributed by atoms with E-state index in [4.69, 9.17) is 28.3 Å². The minimum atomic E-state index is -1.05. The fourth-order valence-corrected chi connectivity index (χ4v) is 3.33. The molecule has 1 unspecified atom stereocenters. The lowest BCUT2D eigenvalue weighted by Gasteiger charge is -2.18. The summed E-state index contributed by atoms with van der Waals surface area (Å²) in [5.74, 6) is -1.68. The van der Waals surface area contributed by atoms with Crippen molar-refractivity contribution in [1.82, 2.24) is 9.55 Å². The maximum absolute atomic E-state index is 13.3. The Bertz CT molecular complexity index is 1030. The van der Waals surface area contributed by atoms with E-state index in [-0.39, 0.29) is 5.78 Å². The van der Waals surface area contributed by atoms with Crippen LogP contribution in [0.2, 0.25) is 10.0 Å². The van der Waals surface area contributed by atoms with Crippen molar-refractivity contribution in [2.45, 2.75) is 12.5 Å². The Balaban J connectivity index is 1.92. The lowest BCUT2D eigenvalue weighted by atomic mass is 9.90. The Kier molecular flexibility index (Phi) is 6.29. The standard InChI is InChI=1S/C21H16Cl2N2O3/c22-15-6-8-17(19(23)10-15)21(28)18(14-4-2-1-3-5-14)12-25-11-16(24-13-25)7-9-20(26)27/h1-11,13,18H,12H2,(H,26,27). The molecule has 1 atom stereocenters. The molecular weight excluding hydrogens is 399 g/mol. The van der Waals surface area contributed by atoms with Gasteiger partial charge in [-0.25, -0.2) is 9.78 Å². The molecule has 1 aromatic heterocycles. The smallest absolute Gasteiger partial charge is 0.328 e. The molecule has 0 bridgehead atoms. The van der Waals surface area contributed by atoms with Gasteiger partial charge >= 0.3 is 5.97 Å². The van der Waals surface area contributed by atoms with Crippen molar-refractivity contribution >= 4 is 41.0 Å². The van der Waals surface area contributed by atoms with Gasteiger partial charge in [0.2, 0.25) is 0 Å². The van der Waals surface area contributed by atoms with Gasteiger partial charge in [0.15, 0.2) is 5.78 Å². The van der Waals surface area contributed by atoms with Crippen LogP contribution < -0.4 is 0 Å². The Hall–Kier alpha value is -2.89. The highest BCUT2D eigenvalue weighted by Crippen LogP contribution is 2.28. The molecule has 28 heavy (non-hydrogen) atoms. The second kappa shape index (κ2) is 8.87. The number of aliphatic carboxylic acids is 1. The molecule has 7 heteroatoms. The number of carboxylic acid groups (broad SMARTS) is 1. The van der Waals surface area contributed by atoms with Crippen LogP contribution in [0, 0.1) is 0 Å². The monoisotopic (exact) mass is 414 g/mol. The number of rotatable bonds is 7. The Morgan fingerprint density at radius 3 is 2.57 bits per heavy atom. The molecule has 0 spiro atoms.